The van der Waals surface area contributed by atoms with Crippen LogP contribution in [0.2, 0.25) is 0 Å². The van der Waals surface area contributed by atoms with Crippen LogP contribution in [0, 0.1) is 0 Å². The molecule has 0 saturated carbocycles. The third-order valence-electron chi connectivity index (χ3n) is 1.15. The van der Waals surface area contributed by atoms with E-state index in [0.717, 1.165) is 18.0 Å². The zero-order valence-electron chi connectivity index (χ0n) is 4.24. The largest absolute Gasteiger partial charge is 0.380 e. The molecular formula is C5H11NS. The zero-order valence-corrected chi connectivity index (χ0v) is 5.05. The first-order chi connectivity index (χ1) is 3.39. The summed E-state index contributed by atoms with van der Waals surface area (Å²) in [6, 6.07) is 0. The molecule has 0 aliphatic carbocycles. The Balaban J connectivity index is 0.000000490. The van der Waals surface area contributed by atoms with Gasteiger partial charge in [0.2, 0.25) is 0 Å². The van der Waals surface area contributed by atoms with Gasteiger partial charge in [0.1, 0.15) is 0 Å². The van der Waals surface area contributed by atoms with Gasteiger partial charge in [-0.25, -0.2) is 0 Å². The molecule has 0 amide bonds. The Kier molecular flexibility index (Phi) is 1.63. The van der Waals surface area contributed by atoms with Gasteiger partial charge in [0.15, 0.2) is 0 Å². The summed E-state index contributed by atoms with van der Waals surface area (Å²) in [5, 5.41) is 3.11. The van der Waals surface area contributed by atoms with Crippen molar-refractivity contribution in [1.82, 2.24) is 5.32 Å². The zero-order chi connectivity index (χ0) is 5.11. The molecule has 0 radical (unpaired) electrons. The lowest BCUT2D eigenvalue weighted by atomic mass is 10.2. The van der Waals surface area contributed by atoms with Crippen LogP contribution in [0.5, 0.6) is 0 Å². The highest BCUT2D eigenvalue weighted by Crippen LogP contribution is 2.00. The summed E-state index contributed by atoms with van der Waals surface area (Å²) in [5.74, 6) is 0. The fourth-order valence-electron chi connectivity index (χ4n) is 0.727. The Bertz CT molecular complexity index is 76.5. The van der Waals surface area contributed by atoms with E-state index >= 15 is 0 Å². The highest BCUT2D eigenvalue weighted by Gasteiger charge is 2.00. The van der Waals surface area contributed by atoms with Crippen LogP contribution in [0.25, 0.3) is 0 Å². The molecule has 0 atom stereocenters. The molecule has 0 bridgehead atoms. The minimum atomic E-state index is 0. The summed E-state index contributed by atoms with van der Waals surface area (Å²) >= 11 is 4.89. The fraction of sp³-hybridized carbons (Fsp3) is 0.800. The Morgan fingerprint density at radius 3 is 2.71 bits per heavy atom. The molecule has 1 N–H and O–H groups in total. The maximum absolute atomic E-state index is 4.89. The van der Waals surface area contributed by atoms with E-state index in [-0.39, 0.29) is 1.43 Å². The second-order valence-corrected chi connectivity index (χ2v) is 2.30. The van der Waals surface area contributed by atoms with Crippen molar-refractivity contribution in [2.24, 2.45) is 0 Å². The quantitative estimate of drug-likeness (QED) is 0.480. The average molecular weight is 117 g/mol. The van der Waals surface area contributed by atoms with E-state index in [9.17, 15) is 0 Å². The van der Waals surface area contributed by atoms with Crippen LogP contribution in [0.1, 0.15) is 20.7 Å². The lowest BCUT2D eigenvalue weighted by Crippen LogP contribution is -2.26. The van der Waals surface area contributed by atoms with Gasteiger partial charge in [-0.2, -0.15) is 0 Å². The second kappa shape index (κ2) is 2.26. The monoisotopic (exact) mass is 117 g/mol. The van der Waals surface area contributed by atoms with E-state index in [0.29, 0.717) is 0 Å². The number of rotatable bonds is 0. The predicted molar refractivity (Wildman–Crippen MR) is 36.6 cm³/mol. The van der Waals surface area contributed by atoms with Crippen molar-refractivity contribution >= 4 is 17.2 Å². The Morgan fingerprint density at radius 2 is 2.43 bits per heavy atom. The molecule has 1 saturated heterocycles. The number of hydrogen-bond donors (Lipinski definition) is 1. The molecule has 1 nitrogen and oxygen atoms in total. The number of hydrogen-bond acceptors (Lipinski definition) is 1. The second-order valence-electron chi connectivity index (χ2n) is 1.81. The first-order valence-electron chi connectivity index (χ1n) is 2.66. The van der Waals surface area contributed by atoms with Crippen LogP contribution in [0.3, 0.4) is 0 Å². The number of piperidine rings is 1. The third-order valence-corrected chi connectivity index (χ3v) is 1.50. The summed E-state index contributed by atoms with van der Waals surface area (Å²) in [4.78, 5) is 1.05. The molecule has 1 rings (SSSR count). The Labute approximate surface area is 50.6 Å². The van der Waals surface area contributed by atoms with E-state index in [2.05, 4.69) is 5.32 Å². The molecule has 2 heteroatoms. The van der Waals surface area contributed by atoms with Crippen LogP contribution in [0.15, 0.2) is 0 Å². The molecule has 1 aliphatic rings. The molecule has 0 aromatic rings. The maximum Gasteiger partial charge on any atom is 0.0753 e. The molecule has 1 heterocycles. The normalized spacial score (nSPS) is 21.4. The van der Waals surface area contributed by atoms with Gasteiger partial charge in [-0.15, -0.1) is 0 Å². The Morgan fingerprint density at radius 1 is 1.57 bits per heavy atom. The number of thiocarbonyl (C=S) groups is 1. The minimum Gasteiger partial charge on any atom is -0.380 e. The van der Waals surface area contributed by atoms with Gasteiger partial charge in [-0.3, -0.25) is 0 Å². The van der Waals surface area contributed by atoms with Crippen molar-refractivity contribution in [3.8, 4) is 0 Å². The standard InChI is InChI=1S/C5H9NS.H2/c7-5-3-1-2-4-6-5;/h1-4H2,(H,6,7);1H. The van der Waals surface area contributed by atoms with E-state index in [1.54, 1.807) is 0 Å². The number of nitrogens with one attached hydrogen (secondary N) is 1. The summed E-state index contributed by atoms with van der Waals surface area (Å²) in [6.45, 7) is 1.10. The van der Waals surface area contributed by atoms with Gasteiger partial charge < -0.3 is 5.32 Å². The molecule has 0 spiro atoms. The SMILES string of the molecule is S=C1CCCCN1.[HH]. The van der Waals surface area contributed by atoms with Gasteiger partial charge >= 0.3 is 0 Å². The average Bonchev–Trinajstić information content (AvgIpc) is 1.69. The lowest BCUT2D eigenvalue weighted by Gasteiger charge is -2.12. The van der Waals surface area contributed by atoms with E-state index < -0.39 is 0 Å². The van der Waals surface area contributed by atoms with Gasteiger partial charge in [0.25, 0.3) is 0 Å². The van der Waals surface area contributed by atoms with E-state index in [4.69, 9.17) is 12.2 Å². The molecule has 0 aromatic heterocycles. The summed E-state index contributed by atoms with van der Waals surface area (Å²) in [7, 11) is 0. The first-order valence-corrected chi connectivity index (χ1v) is 3.07. The van der Waals surface area contributed by atoms with Crippen LogP contribution in [-0.2, 0) is 0 Å². The van der Waals surface area contributed by atoms with E-state index in [1.807, 2.05) is 0 Å². The topological polar surface area (TPSA) is 12.0 Å². The molecule has 42 valence electrons. The Hall–Kier alpha value is -0.110. The van der Waals surface area contributed by atoms with Crippen molar-refractivity contribution in [3.63, 3.8) is 0 Å². The van der Waals surface area contributed by atoms with Crippen molar-refractivity contribution in [2.45, 2.75) is 19.3 Å². The molecule has 1 aliphatic heterocycles. The lowest BCUT2D eigenvalue weighted by molar-refractivity contribution is 0.679. The van der Waals surface area contributed by atoms with Gasteiger partial charge in [0.05, 0.1) is 4.99 Å². The molecule has 1 fully saturated rings. The van der Waals surface area contributed by atoms with Crippen LogP contribution in [0.4, 0.5) is 0 Å². The predicted octanol–water partition coefficient (Wildman–Crippen LogP) is 1.33. The van der Waals surface area contributed by atoms with Gasteiger partial charge in [-0.05, 0) is 19.3 Å². The summed E-state index contributed by atoms with van der Waals surface area (Å²) < 4.78 is 0. The minimum absolute atomic E-state index is 0. The van der Waals surface area contributed by atoms with Crippen LogP contribution < -0.4 is 5.32 Å². The van der Waals surface area contributed by atoms with Crippen LogP contribution >= 0.6 is 12.2 Å². The molecule has 0 unspecified atom stereocenters. The smallest absolute Gasteiger partial charge is 0.0753 e. The van der Waals surface area contributed by atoms with Gasteiger partial charge in [-0.1, -0.05) is 12.2 Å². The molecular weight excluding hydrogens is 106 g/mol. The highest BCUT2D eigenvalue weighted by atomic mass is 32.1. The molecule has 7 heavy (non-hydrogen) atoms. The molecule has 0 aromatic carbocycles. The third kappa shape index (κ3) is 1.43. The van der Waals surface area contributed by atoms with Crippen molar-refractivity contribution in [1.29, 1.82) is 0 Å². The summed E-state index contributed by atoms with van der Waals surface area (Å²) in [6.07, 6.45) is 3.68. The fourth-order valence-corrected chi connectivity index (χ4v) is 0.973. The van der Waals surface area contributed by atoms with Crippen molar-refractivity contribution in [2.75, 3.05) is 6.54 Å². The van der Waals surface area contributed by atoms with E-state index in [1.165, 1.54) is 12.8 Å². The van der Waals surface area contributed by atoms with Gasteiger partial charge in [0, 0.05) is 7.97 Å². The highest BCUT2D eigenvalue weighted by molar-refractivity contribution is 7.80. The summed E-state index contributed by atoms with van der Waals surface area (Å²) in [5.41, 5.74) is 0. The van der Waals surface area contributed by atoms with Crippen molar-refractivity contribution < 1.29 is 1.43 Å². The maximum atomic E-state index is 4.89. The van der Waals surface area contributed by atoms with Crippen LogP contribution in [-0.4, -0.2) is 11.5 Å². The first kappa shape index (κ1) is 5.04. The van der Waals surface area contributed by atoms with Crippen molar-refractivity contribution in [3.05, 3.63) is 0 Å².